The zero-order valence-corrected chi connectivity index (χ0v) is 20.4. The van der Waals surface area contributed by atoms with Crippen molar-refractivity contribution < 1.29 is 10.2 Å². The number of aliphatic hydroxyl groups is 2. The largest absolute Gasteiger partial charge is 0.392 e. The van der Waals surface area contributed by atoms with E-state index in [4.69, 9.17) is 0 Å². The third-order valence-electron chi connectivity index (χ3n) is 5.06. The third-order valence-corrected chi connectivity index (χ3v) is 5.06. The third kappa shape index (κ3) is 7.26. The molecule has 1 aromatic heterocycles. The summed E-state index contributed by atoms with van der Waals surface area (Å²) in [5.74, 6) is 1.08. The standard InChI is InChI=1S/C26H34N6O2/c1-6-7-21-10-13-23(14-18(21)3)28-25-29-24(27-22-11-8-17(2)9-12-22)30-26(31-25)32(15-19(4)33)16-20(5)34/h6-14,19-20,33-34H,15-16H2,1-5H3,(H2,27,28,29,30,31)/b7-6+. The molecule has 2 aromatic carbocycles. The molecule has 3 aromatic rings. The van der Waals surface area contributed by atoms with E-state index in [2.05, 4.69) is 38.6 Å². The van der Waals surface area contributed by atoms with E-state index in [0.717, 1.165) is 28.1 Å². The lowest BCUT2D eigenvalue weighted by Gasteiger charge is -2.26. The number of anilines is 5. The number of aryl methyl sites for hydroxylation is 2. The van der Waals surface area contributed by atoms with Gasteiger partial charge in [-0.1, -0.05) is 35.9 Å². The monoisotopic (exact) mass is 462 g/mol. The molecule has 34 heavy (non-hydrogen) atoms. The summed E-state index contributed by atoms with van der Waals surface area (Å²) >= 11 is 0. The first-order chi connectivity index (χ1) is 16.2. The summed E-state index contributed by atoms with van der Waals surface area (Å²) in [6, 6.07) is 14.0. The van der Waals surface area contributed by atoms with Crippen molar-refractivity contribution in [2.24, 2.45) is 0 Å². The van der Waals surface area contributed by atoms with Gasteiger partial charge in [-0.3, -0.25) is 0 Å². The summed E-state index contributed by atoms with van der Waals surface area (Å²) in [5.41, 5.74) is 5.12. The topological polar surface area (TPSA) is 106 Å². The van der Waals surface area contributed by atoms with Crippen LogP contribution in [0.5, 0.6) is 0 Å². The summed E-state index contributed by atoms with van der Waals surface area (Å²) < 4.78 is 0. The minimum atomic E-state index is -0.623. The molecule has 0 fully saturated rings. The van der Waals surface area contributed by atoms with Gasteiger partial charge in [0.05, 0.1) is 12.2 Å². The highest BCUT2D eigenvalue weighted by Gasteiger charge is 2.18. The molecule has 0 radical (unpaired) electrons. The SMILES string of the molecule is C/C=C/c1ccc(Nc2nc(Nc3ccc(C)cc3)nc(N(CC(C)O)CC(C)O)n2)cc1C. The van der Waals surface area contributed by atoms with Crippen molar-refractivity contribution in [2.75, 3.05) is 28.6 Å². The lowest BCUT2D eigenvalue weighted by Crippen LogP contribution is -2.37. The molecule has 8 nitrogen and oxygen atoms in total. The molecule has 0 amide bonds. The van der Waals surface area contributed by atoms with Gasteiger partial charge in [-0.2, -0.15) is 15.0 Å². The van der Waals surface area contributed by atoms with Crippen LogP contribution < -0.4 is 15.5 Å². The number of benzene rings is 2. The molecule has 0 bridgehead atoms. The fraction of sp³-hybridized carbons (Fsp3) is 0.346. The van der Waals surface area contributed by atoms with E-state index in [1.165, 1.54) is 0 Å². The van der Waals surface area contributed by atoms with Crippen molar-refractivity contribution in [1.29, 1.82) is 0 Å². The summed E-state index contributed by atoms with van der Waals surface area (Å²) in [5, 5.41) is 26.5. The second-order valence-electron chi connectivity index (χ2n) is 8.57. The van der Waals surface area contributed by atoms with Crippen molar-refractivity contribution in [3.8, 4) is 0 Å². The van der Waals surface area contributed by atoms with Crippen LogP contribution in [0.25, 0.3) is 6.08 Å². The summed E-state index contributed by atoms with van der Waals surface area (Å²) in [7, 11) is 0. The van der Waals surface area contributed by atoms with Crippen molar-refractivity contribution >= 4 is 35.3 Å². The second-order valence-corrected chi connectivity index (χ2v) is 8.57. The van der Waals surface area contributed by atoms with Gasteiger partial charge in [-0.15, -0.1) is 0 Å². The van der Waals surface area contributed by atoms with Crippen molar-refractivity contribution in [3.63, 3.8) is 0 Å². The lowest BCUT2D eigenvalue weighted by molar-refractivity contribution is 0.177. The fourth-order valence-corrected chi connectivity index (χ4v) is 3.51. The number of aromatic nitrogens is 3. The maximum Gasteiger partial charge on any atom is 0.233 e. The molecule has 0 aliphatic heterocycles. The first kappa shape index (κ1) is 25.1. The Hall–Kier alpha value is -3.49. The van der Waals surface area contributed by atoms with E-state index >= 15 is 0 Å². The fourth-order valence-electron chi connectivity index (χ4n) is 3.51. The Balaban J connectivity index is 1.98. The summed E-state index contributed by atoms with van der Waals surface area (Å²) in [6.07, 6.45) is 2.83. The minimum Gasteiger partial charge on any atom is -0.392 e. The van der Waals surface area contributed by atoms with Gasteiger partial charge in [0, 0.05) is 24.5 Å². The highest BCUT2D eigenvalue weighted by atomic mass is 16.3. The molecule has 2 unspecified atom stereocenters. The van der Waals surface area contributed by atoms with Crippen LogP contribution in [0.1, 0.15) is 37.5 Å². The van der Waals surface area contributed by atoms with Gasteiger partial charge in [0.1, 0.15) is 0 Å². The Morgan fingerprint density at radius 2 is 1.41 bits per heavy atom. The molecular weight excluding hydrogens is 428 g/mol. The Bertz CT molecular complexity index is 1100. The molecule has 0 saturated heterocycles. The highest BCUT2D eigenvalue weighted by Crippen LogP contribution is 2.23. The average Bonchev–Trinajstić information content (AvgIpc) is 2.76. The Labute approximate surface area is 201 Å². The molecule has 0 aliphatic carbocycles. The van der Waals surface area contributed by atoms with Crippen molar-refractivity contribution in [3.05, 3.63) is 65.2 Å². The molecule has 0 saturated carbocycles. The average molecular weight is 463 g/mol. The molecule has 2 atom stereocenters. The molecule has 8 heteroatoms. The predicted octanol–water partition coefficient (Wildman–Crippen LogP) is 4.58. The van der Waals surface area contributed by atoms with E-state index < -0.39 is 12.2 Å². The quantitative estimate of drug-likeness (QED) is 0.347. The zero-order valence-electron chi connectivity index (χ0n) is 20.4. The molecule has 3 rings (SSSR count). The van der Waals surface area contributed by atoms with Crippen LogP contribution in [-0.4, -0.2) is 50.5 Å². The van der Waals surface area contributed by atoms with E-state index in [-0.39, 0.29) is 13.1 Å². The number of hydrogen-bond acceptors (Lipinski definition) is 8. The Morgan fingerprint density at radius 3 is 1.94 bits per heavy atom. The van der Waals surface area contributed by atoms with Gasteiger partial charge in [0.15, 0.2) is 0 Å². The summed E-state index contributed by atoms with van der Waals surface area (Å²) in [4.78, 5) is 15.5. The number of rotatable bonds is 10. The number of nitrogens with one attached hydrogen (secondary N) is 2. The summed E-state index contributed by atoms with van der Waals surface area (Å²) in [6.45, 7) is 10.0. The van der Waals surface area contributed by atoms with Gasteiger partial charge in [0.2, 0.25) is 17.8 Å². The zero-order chi connectivity index (χ0) is 24.7. The predicted molar refractivity (Wildman–Crippen MR) is 139 cm³/mol. The molecule has 180 valence electrons. The maximum atomic E-state index is 10.0. The van der Waals surface area contributed by atoms with Gasteiger partial charge < -0.3 is 25.7 Å². The highest BCUT2D eigenvalue weighted by molar-refractivity contribution is 5.63. The molecule has 0 spiro atoms. The number of nitrogens with zero attached hydrogens (tertiary/aromatic N) is 4. The molecule has 0 aliphatic rings. The normalized spacial score (nSPS) is 13.0. The first-order valence-corrected chi connectivity index (χ1v) is 11.4. The van der Waals surface area contributed by atoms with Gasteiger partial charge in [-0.25, -0.2) is 0 Å². The van der Waals surface area contributed by atoms with Gasteiger partial charge in [0.25, 0.3) is 0 Å². The smallest absolute Gasteiger partial charge is 0.233 e. The van der Waals surface area contributed by atoms with Gasteiger partial charge in [-0.05, 0) is 70.0 Å². The van der Waals surface area contributed by atoms with Crippen LogP contribution in [0, 0.1) is 13.8 Å². The van der Waals surface area contributed by atoms with E-state index in [1.54, 1.807) is 18.7 Å². The number of allylic oxidation sites excluding steroid dienone is 1. The van der Waals surface area contributed by atoms with Crippen LogP contribution in [0.15, 0.2) is 48.5 Å². The van der Waals surface area contributed by atoms with E-state index in [9.17, 15) is 10.2 Å². The Morgan fingerprint density at radius 1 is 0.853 bits per heavy atom. The minimum absolute atomic E-state index is 0.273. The second kappa shape index (κ2) is 11.6. The van der Waals surface area contributed by atoms with E-state index in [0.29, 0.717) is 17.8 Å². The van der Waals surface area contributed by atoms with Crippen LogP contribution in [0.3, 0.4) is 0 Å². The molecule has 4 N–H and O–H groups in total. The number of hydrogen-bond donors (Lipinski definition) is 4. The first-order valence-electron chi connectivity index (χ1n) is 11.4. The van der Waals surface area contributed by atoms with E-state index in [1.807, 2.05) is 62.4 Å². The van der Waals surface area contributed by atoms with Crippen molar-refractivity contribution in [2.45, 2.75) is 46.8 Å². The lowest BCUT2D eigenvalue weighted by atomic mass is 10.1. The van der Waals surface area contributed by atoms with Crippen molar-refractivity contribution in [1.82, 2.24) is 15.0 Å². The Kier molecular flexibility index (Phi) is 8.56. The van der Waals surface area contributed by atoms with Crippen LogP contribution in [0.2, 0.25) is 0 Å². The molecule has 1 heterocycles. The van der Waals surface area contributed by atoms with Crippen LogP contribution in [-0.2, 0) is 0 Å². The van der Waals surface area contributed by atoms with Crippen LogP contribution >= 0.6 is 0 Å². The van der Waals surface area contributed by atoms with Gasteiger partial charge >= 0.3 is 0 Å². The maximum absolute atomic E-state index is 10.0. The number of aliphatic hydroxyl groups excluding tert-OH is 2. The van der Waals surface area contributed by atoms with Crippen LogP contribution in [0.4, 0.5) is 29.2 Å². The molecular formula is C26H34N6O2.